The number of rotatable bonds is 6. The van der Waals surface area contributed by atoms with Gasteiger partial charge < -0.3 is 14.4 Å². The third-order valence-electron chi connectivity index (χ3n) is 6.08. The average Bonchev–Trinajstić information content (AvgIpc) is 3.46. The van der Waals surface area contributed by atoms with Gasteiger partial charge in [-0.15, -0.1) is 0 Å². The normalized spacial score (nSPS) is 18.3. The summed E-state index contributed by atoms with van der Waals surface area (Å²) < 4.78 is 13.5. The van der Waals surface area contributed by atoms with Crippen LogP contribution in [0.1, 0.15) is 34.3 Å². The van der Waals surface area contributed by atoms with E-state index in [1.807, 2.05) is 42.5 Å². The Morgan fingerprint density at radius 1 is 1.16 bits per heavy atom. The van der Waals surface area contributed by atoms with E-state index < -0.39 is 0 Å². The van der Waals surface area contributed by atoms with E-state index in [-0.39, 0.29) is 12.0 Å². The number of carbonyl (C=O) groups is 1. The molecule has 1 saturated heterocycles. The maximum Gasteiger partial charge on any atom is 0.258 e. The van der Waals surface area contributed by atoms with Crippen molar-refractivity contribution in [2.45, 2.75) is 31.9 Å². The van der Waals surface area contributed by atoms with E-state index in [0.29, 0.717) is 31.0 Å². The molecule has 1 amide bonds. The van der Waals surface area contributed by atoms with Crippen LogP contribution in [0.3, 0.4) is 0 Å². The second-order valence-corrected chi connectivity index (χ2v) is 8.31. The number of carbonyl (C=O) groups excluding carboxylic acids is 1. The lowest BCUT2D eigenvalue weighted by molar-refractivity contribution is 0.0638. The van der Waals surface area contributed by atoms with Crippen LogP contribution in [0.4, 0.5) is 0 Å². The van der Waals surface area contributed by atoms with Crippen LogP contribution in [-0.4, -0.2) is 46.5 Å². The van der Waals surface area contributed by atoms with Crippen LogP contribution in [-0.2, 0) is 24.8 Å². The van der Waals surface area contributed by atoms with Crippen LogP contribution in [0.5, 0.6) is 5.75 Å². The van der Waals surface area contributed by atoms with Gasteiger partial charge in [0.2, 0.25) is 0 Å². The third kappa shape index (κ3) is 4.21. The molecule has 2 aliphatic rings. The van der Waals surface area contributed by atoms with Crippen LogP contribution < -0.4 is 4.74 Å². The van der Waals surface area contributed by atoms with E-state index in [2.05, 4.69) is 29.4 Å². The van der Waals surface area contributed by atoms with E-state index >= 15 is 0 Å². The molecule has 160 valence electrons. The Hall–Kier alpha value is -3.12. The molecule has 6 nitrogen and oxygen atoms in total. The van der Waals surface area contributed by atoms with Crippen LogP contribution in [0, 0.1) is 0 Å². The highest BCUT2D eigenvalue weighted by Crippen LogP contribution is 2.30. The smallest absolute Gasteiger partial charge is 0.258 e. The number of hydrogen-bond acceptors (Lipinski definition) is 4. The van der Waals surface area contributed by atoms with Crippen molar-refractivity contribution in [2.24, 2.45) is 7.05 Å². The van der Waals surface area contributed by atoms with E-state index in [4.69, 9.17) is 9.47 Å². The molecule has 2 aliphatic heterocycles. The van der Waals surface area contributed by atoms with Gasteiger partial charge in [-0.25, -0.2) is 0 Å². The minimum absolute atomic E-state index is 0.0422. The molecule has 0 aliphatic carbocycles. The van der Waals surface area contributed by atoms with Crippen LogP contribution in [0.15, 0.2) is 54.9 Å². The summed E-state index contributed by atoms with van der Waals surface area (Å²) in [5.74, 6) is 0.718. The summed E-state index contributed by atoms with van der Waals surface area (Å²) in [5, 5.41) is 4.23. The largest absolute Gasteiger partial charge is 0.490 e. The molecule has 0 spiro atoms. The summed E-state index contributed by atoms with van der Waals surface area (Å²) in [5.41, 5.74) is 5.10. The molecular formula is C25H27N3O3. The van der Waals surface area contributed by atoms with Crippen molar-refractivity contribution in [3.63, 3.8) is 0 Å². The minimum Gasteiger partial charge on any atom is -0.490 e. The molecule has 6 heteroatoms. The van der Waals surface area contributed by atoms with Crippen molar-refractivity contribution < 1.29 is 14.3 Å². The molecule has 0 radical (unpaired) electrons. The van der Waals surface area contributed by atoms with Crippen LogP contribution >= 0.6 is 0 Å². The second-order valence-electron chi connectivity index (χ2n) is 8.31. The van der Waals surface area contributed by atoms with Gasteiger partial charge in [-0.05, 0) is 42.0 Å². The molecule has 0 N–H and O–H groups in total. The predicted octanol–water partition coefficient (Wildman–Crippen LogP) is 3.84. The third-order valence-corrected chi connectivity index (χ3v) is 6.08. The van der Waals surface area contributed by atoms with Gasteiger partial charge in [0.25, 0.3) is 5.91 Å². The summed E-state index contributed by atoms with van der Waals surface area (Å²) in [6, 6.07) is 14.3. The lowest BCUT2D eigenvalue weighted by atomic mass is 9.97. The highest BCUT2D eigenvalue weighted by atomic mass is 16.5. The first-order valence-electron chi connectivity index (χ1n) is 10.9. The fraction of sp³-hybridized carbons (Fsp3) is 0.360. The number of aryl methyl sites for hydroxylation is 1. The average molecular weight is 418 g/mol. The Kier molecular flexibility index (Phi) is 5.47. The van der Waals surface area contributed by atoms with Gasteiger partial charge in [-0.1, -0.05) is 36.4 Å². The summed E-state index contributed by atoms with van der Waals surface area (Å²) in [6.45, 7) is 2.60. The van der Waals surface area contributed by atoms with Gasteiger partial charge in [0.15, 0.2) is 0 Å². The zero-order valence-corrected chi connectivity index (χ0v) is 17.8. The standard InChI is InChI=1S/C25H27N3O3/c1-27-16-21(14-26-27)19-9-7-18(8-10-19)15-28-12-11-20-4-2-6-23(24(20)25(28)29)31-17-22-5-3-13-30-22/h2,4,6-10,14,16,22H,3,5,11-13,15,17H2,1H3. The number of hydrogen-bond donors (Lipinski definition) is 0. The Balaban J connectivity index is 1.30. The van der Waals surface area contributed by atoms with Crippen molar-refractivity contribution in [3.8, 4) is 16.9 Å². The number of ether oxygens (including phenoxy) is 2. The minimum atomic E-state index is 0.0422. The molecule has 3 aromatic rings. The quantitative estimate of drug-likeness (QED) is 0.611. The number of amides is 1. The lowest BCUT2D eigenvalue weighted by Gasteiger charge is -2.30. The zero-order valence-electron chi connectivity index (χ0n) is 17.8. The van der Waals surface area contributed by atoms with Gasteiger partial charge in [0.1, 0.15) is 12.4 Å². The van der Waals surface area contributed by atoms with Crippen LogP contribution in [0.25, 0.3) is 11.1 Å². The molecule has 1 unspecified atom stereocenters. The van der Waals surface area contributed by atoms with Gasteiger partial charge >= 0.3 is 0 Å². The number of aromatic nitrogens is 2. The first-order valence-corrected chi connectivity index (χ1v) is 10.9. The Morgan fingerprint density at radius 3 is 2.77 bits per heavy atom. The maximum absolute atomic E-state index is 13.3. The maximum atomic E-state index is 13.3. The number of fused-ring (bicyclic) bond motifs is 1. The van der Waals surface area contributed by atoms with Gasteiger partial charge in [0, 0.05) is 38.5 Å². The fourth-order valence-corrected chi connectivity index (χ4v) is 4.37. The van der Waals surface area contributed by atoms with Gasteiger partial charge in [0.05, 0.1) is 17.9 Å². The molecule has 1 atom stereocenters. The van der Waals surface area contributed by atoms with E-state index in [9.17, 15) is 4.79 Å². The van der Waals surface area contributed by atoms with Crippen molar-refractivity contribution >= 4 is 5.91 Å². The molecule has 0 saturated carbocycles. The number of benzene rings is 2. The summed E-state index contributed by atoms with van der Waals surface area (Å²) in [4.78, 5) is 15.2. The Bertz CT molecular complexity index is 1070. The summed E-state index contributed by atoms with van der Waals surface area (Å²) in [7, 11) is 1.91. The van der Waals surface area contributed by atoms with Crippen molar-refractivity contribution in [1.29, 1.82) is 0 Å². The first kappa shape index (κ1) is 19.8. The first-order chi connectivity index (χ1) is 15.2. The molecule has 5 rings (SSSR count). The highest BCUT2D eigenvalue weighted by Gasteiger charge is 2.28. The van der Waals surface area contributed by atoms with Crippen molar-refractivity contribution in [2.75, 3.05) is 19.8 Å². The second kappa shape index (κ2) is 8.55. The number of nitrogens with zero attached hydrogens (tertiary/aromatic N) is 3. The van der Waals surface area contributed by atoms with E-state index in [1.54, 1.807) is 4.68 Å². The monoisotopic (exact) mass is 417 g/mol. The van der Waals surface area contributed by atoms with Gasteiger partial charge in [-0.2, -0.15) is 5.10 Å². The van der Waals surface area contributed by atoms with Crippen LogP contribution in [0.2, 0.25) is 0 Å². The SMILES string of the molecule is Cn1cc(-c2ccc(CN3CCc4cccc(OCC5CCCO5)c4C3=O)cc2)cn1. The fourth-order valence-electron chi connectivity index (χ4n) is 4.37. The molecule has 3 heterocycles. The summed E-state index contributed by atoms with van der Waals surface area (Å²) in [6.07, 6.45) is 6.92. The molecule has 0 bridgehead atoms. The molecule has 1 fully saturated rings. The molecule has 2 aromatic carbocycles. The Labute approximate surface area is 182 Å². The highest BCUT2D eigenvalue weighted by molar-refractivity contribution is 5.99. The van der Waals surface area contributed by atoms with E-state index in [0.717, 1.165) is 48.1 Å². The molecule has 31 heavy (non-hydrogen) atoms. The van der Waals surface area contributed by atoms with Crippen molar-refractivity contribution in [1.82, 2.24) is 14.7 Å². The summed E-state index contributed by atoms with van der Waals surface area (Å²) >= 11 is 0. The molecular weight excluding hydrogens is 390 g/mol. The van der Waals surface area contributed by atoms with Gasteiger partial charge in [-0.3, -0.25) is 9.48 Å². The lowest BCUT2D eigenvalue weighted by Crippen LogP contribution is -2.37. The topological polar surface area (TPSA) is 56.6 Å². The Morgan fingerprint density at radius 2 is 2.03 bits per heavy atom. The molecule has 1 aromatic heterocycles. The zero-order chi connectivity index (χ0) is 21.2. The van der Waals surface area contributed by atoms with Crippen molar-refractivity contribution in [3.05, 3.63) is 71.5 Å². The predicted molar refractivity (Wildman–Crippen MR) is 118 cm³/mol. The van der Waals surface area contributed by atoms with E-state index in [1.165, 1.54) is 0 Å².